The molecule has 0 N–H and O–H groups in total. The molecule has 0 aromatic carbocycles. The van der Waals surface area contributed by atoms with Gasteiger partial charge in [0.15, 0.2) is 0 Å². The van der Waals surface area contributed by atoms with E-state index in [1.165, 1.54) is 37.7 Å². The zero-order chi connectivity index (χ0) is 6.60. The zero-order valence-electron chi connectivity index (χ0n) is 6.05. The first-order valence-electron chi connectivity index (χ1n) is 3.96. The normalized spacial score (nSPS) is 37.2. The van der Waals surface area contributed by atoms with Crippen molar-refractivity contribution in [1.82, 2.24) is 10.0 Å². The van der Waals surface area contributed by atoms with Gasteiger partial charge in [-0.15, -0.1) is 11.8 Å². The van der Waals surface area contributed by atoms with E-state index in [1.807, 2.05) is 11.8 Å². The van der Waals surface area contributed by atoms with Gasteiger partial charge in [-0.1, -0.05) is 0 Å². The van der Waals surface area contributed by atoms with Crippen LogP contribution in [0.4, 0.5) is 0 Å². The molecule has 3 aliphatic rings. The summed E-state index contributed by atoms with van der Waals surface area (Å²) >= 11 is 2.05. The van der Waals surface area contributed by atoms with E-state index in [2.05, 4.69) is 10.0 Å². The Bertz CT molecular complexity index is 153. The van der Waals surface area contributed by atoms with Gasteiger partial charge in [-0.25, -0.2) is 10.0 Å². The molecule has 0 aromatic heterocycles. The first kappa shape index (κ1) is 5.86. The SMILES string of the molecule is C1SCN2CC3(CC3)CN12. The molecular weight excluding hydrogens is 144 g/mol. The van der Waals surface area contributed by atoms with Crippen molar-refractivity contribution in [3.63, 3.8) is 0 Å². The fourth-order valence-electron chi connectivity index (χ4n) is 2.02. The maximum atomic E-state index is 2.53. The molecule has 1 aliphatic carbocycles. The van der Waals surface area contributed by atoms with E-state index >= 15 is 0 Å². The molecule has 0 bridgehead atoms. The summed E-state index contributed by atoms with van der Waals surface area (Å²) in [5.41, 5.74) is 0.779. The Morgan fingerprint density at radius 3 is 2.10 bits per heavy atom. The number of fused-ring (bicyclic) bond motifs is 1. The molecule has 0 amide bonds. The third kappa shape index (κ3) is 0.684. The number of hydrogen-bond acceptors (Lipinski definition) is 3. The van der Waals surface area contributed by atoms with Crippen molar-refractivity contribution in [1.29, 1.82) is 0 Å². The maximum absolute atomic E-state index is 2.53. The second-order valence-corrected chi connectivity index (χ2v) is 4.72. The average molecular weight is 156 g/mol. The van der Waals surface area contributed by atoms with E-state index in [9.17, 15) is 0 Å². The largest absolute Gasteiger partial charge is 0.230 e. The number of hydrogen-bond donors (Lipinski definition) is 0. The first-order valence-corrected chi connectivity index (χ1v) is 5.11. The van der Waals surface area contributed by atoms with Gasteiger partial charge >= 0.3 is 0 Å². The van der Waals surface area contributed by atoms with Gasteiger partial charge in [0.25, 0.3) is 0 Å². The second-order valence-electron chi connectivity index (χ2n) is 3.79. The quantitative estimate of drug-likeness (QED) is 0.516. The Labute approximate surface area is 65.5 Å². The zero-order valence-corrected chi connectivity index (χ0v) is 6.86. The van der Waals surface area contributed by atoms with Crippen LogP contribution in [0.5, 0.6) is 0 Å². The van der Waals surface area contributed by atoms with Crippen LogP contribution in [0.2, 0.25) is 0 Å². The lowest BCUT2D eigenvalue weighted by Crippen LogP contribution is -2.28. The molecule has 3 heteroatoms. The lowest BCUT2D eigenvalue weighted by molar-refractivity contribution is 0.0894. The standard InChI is InChI=1S/C7H12N2S/c1-2-7(1)3-8-5-10-6-9(8)4-7/h1-6H2. The summed E-state index contributed by atoms with van der Waals surface area (Å²) < 4.78 is 0. The molecule has 2 aliphatic heterocycles. The number of hydrazine groups is 1. The molecule has 0 aromatic rings. The summed E-state index contributed by atoms with van der Waals surface area (Å²) in [6.45, 7) is 2.72. The maximum Gasteiger partial charge on any atom is 0.0603 e. The van der Waals surface area contributed by atoms with Gasteiger partial charge in [0, 0.05) is 13.1 Å². The average Bonchev–Trinajstić information content (AvgIpc) is 2.28. The molecule has 0 unspecified atom stereocenters. The molecule has 1 saturated carbocycles. The minimum Gasteiger partial charge on any atom is -0.230 e. The van der Waals surface area contributed by atoms with Crippen LogP contribution in [0.3, 0.4) is 0 Å². The van der Waals surface area contributed by atoms with E-state index in [0.717, 1.165) is 5.41 Å². The van der Waals surface area contributed by atoms with Gasteiger partial charge in [0.05, 0.1) is 11.8 Å². The number of thioether (sulfide) groups is 1. The summed E-state index contributed by atoms with van der Waals surface area (Å²) in [6, 6.07) is 0. The van der Waals surface area contributed by atoms with Crippen LogP contribution in [0.1, 0.15) is 12.8 Å². The van der Waals surface area contributed by atoms with Crippen LogP contribution in [0, 0.1) is 5.41 Å². The highest BCUT2D eigenvalue weighted by atomic mass is 32.2. The third-order valence-electron chi connectivity index (χ3n) is 2.87. The summed E-state index contributed by atoms with van der Waals surface area (Å²) in [5, 5.41) is 5.05. The summed E-state index contributed by atoms with van der Waals surface area (Å²) in [4.78, 5) is 0. The smallest absolute Gasteiger partial charge is 0.0603 e. The lowest BCUT2D eigenvalue weighted by Gasteiger charge is -2.14. The van der Waals surface area contributed by atoms with Gasteiger partial charge in [-0.05, 0) is 18.3 Å². The minimum atomic E-state index is 0.779. The molecule has 56 valence electrons. The van der Waals surface area contributed by atoms with Gasteiger partial charge in [0.2, 0.25) is 0 Å². The summed E-state index contributed by atoms with van der Waals surface area (Å²) in [7, 11) is 0. The predicted octanol–water partition coefficient (Wildman–Crippen LogP) is 0.961. The van der Waals surface area contributed by atoms with E-state index in [0.29, 0.717) is 0 Å². The van der Waals surface area contributed by atoms with Crippen molar-refractivity contribution in [2.45, 2.75) is 12.8 Å². The van der Waals surface area contributed by atoms with Crippen molar-refractivity contribution in [2.75, 3.05) is 24.8 Å². The first-order chi connectivity index (χ1) is 4.88. The topological polar surface area (TPSA) is 6.48 Å². The number of rotatable bonds is 0. The van der Waals surface area contributed by atoms with Gasteiger partial charge in [0.1, 0.15) is 0 Å². The third-order valence-corrected chi connectivity index (χ3v) is 3.83. The van der Waals surface area contributed by atoms with E-state index in [4.69, 9.17) is 0 Å². The minimum absolute atomic E-state index is 0.779. The Balaban J connectivity index is 1.82. The Hall–Kier alpha value is 0.270. The highest BCUT2D eigenvalue weighted by Gasteiger charge is 2.52. The van der Waals surface area contributed by atoms with Crippen LogP contribution < -0.4 is 0 Å². The molecular formula is C7H12N2S. The van der Waals surface area contributed by atoms with Gasteiger partial charge < -0.3 is 0 Å². The van der Waals surface area contributed by atoms with Gasteiger partial charge in [-0.3, -0.25) is 0 Å². The molecule has 3 fully saturated rings. The van der Waals surface area contributed by atoms with Crippen LogP contribution in [-0.4, -0.2) is 34.9 Å². The van der Waals surface area contributed by atoms with Crippen LogP contribution in [-0.2, 0) is 0 Å². The molecule has 0 radical (unpaired) electrons. The summed E-state index contributed by atoms with van der Waals surface area (Å²) in [6.07, 6.45) is 2.98. The van der Waals surface area contributed by atoms with Crippen LogP contribution >= 0.6 is 11.8 Å². The molecule has 2 nitrogen and oxygen atoms in total. The van der Waals surface area contributed by atoms with E-state index in [1.54, 1.807) is 0 Å². The molecule has 10 heavy (non-hydrogen) atoms. The van der Waals surface area contributed by atoms with E-state index < -0.39 is 0 Å². The molecule has 1 spiro atoms. The Kier molecular flexibility index (Phi) is 1.00. The van der Waals surface area contributed by atoms with Gasteiger partial charge in [-0.2, -0.15) is 0 Å². The molecule has 2 saturated heterocycles. The van der Waals surface area contributed by atoms with Crippen molar-refractivity contribution in [2.24, 2.45) is 5.41 Å². The monoisotopic (exact) mass is 156 g/mol. The van der Waals surface area contributed by atoms with Crippen molar-refractivity contribution in [3.8, 4) is 0 Å². The Morgan fingerprint density at radius 2 is 1.60 bits per heavy atom. The van der Waals surface area contributed by atoms with Crippen LogP contribution in [0.15, 0.2) is 0 Å². The second kappa shape index (κ2) is 1.71. The summed E-state index contributed by atoms with van der Waals surface area (Å²) in [5.74, 6) is 2.50. The van der Waals surface area contributed by atoms with E-state index in [-0.39, 0.29) is 0 Å². The highest BCUT2D eigenvalue weighted by Crippen LogP contribution is 2.52. The predicted molar refractivity (Wildman–Crippen MR) is 42.4 cm³/mol. The van der Waals surface area contributed by atoms with Crippen molar-refractivity contribution in [3.05, 3.63) is 0 Å². The Morgan fingerprint density at radius 1 is 1.00 bits per heavy atom. The van der Waals surface area contributed by atoms with Crippen molar-refractivity contribution < 1.29 is 0 Å². The fourth-order valence-corrected chi connectivity index (χ4v) is 3.04. The fraction of sp³-hybridized carbons (Fsp3) is 1.00. The highest BCUT2D eigenvalue weighted by molar-refractivity contribution is 7.99. The molecule has 3 rings (SSSR count). The molecule has 2 heterocycles. The van der Waals surface area contributed by atoms with Crippen LogP contribution in [0.25, 0.3) is 0 Å². The molecule has 0 atom stereocenters. The number of nitrogens with zero attached hydrogens (tertiary/aromatic N) is 2. The van der Waals surface area contributed by atoms with Crippen molar-refractivity contribution >= 4 is 11.8 Å². The lowest BCUT2D eigenvalue weighted by atomic mass is 10.1.